The van der Waals surface area contributed by atoms with Gasteiger partial charge in [0.2, 0.25) is 0 Å². The van der Waals surface area contributed by atoms with E-state index >= 15 is 0 Å². The van der Waals surface area contributed by atoms with Crippen LogP contribution < -0.4 is 15.0 Å². The Morgan fingerprint density at radius 2 is 2.09 bits per heavy atom. The standard InChI is InChI=1S/C22H20FN5O4/c1-27-20-18(7-4-8-24-20)32-12-16(22(27)30)25-21(29)15-11-17-19(31-10-9-28(17)26-15)13-5-2-3-6-14(13)23/h2-8,11,16,19H,9-10,12H2,1H3,(H,25,29)/t16-,19+/m0/s1. The molecule has 2 amide bonds. The maximum atomic E-state index is 14.3. The van der Waals surface area contributed by atoms with Crippen LogP contribution in [0.5, 0.6) is 5.75 Å². The van der Waals surface area contributed by atoms with E-state index in [4.69, 9.17) is 9.47 Å². The molecule has 3 aromatic rings. The molecule has 2 atom stereocenters. The topological polar surface area (TPSA) is 98.6 Å². The van der Waals surface area contributed by atoms with Crippen LogP contribution in [-0.4, -0.2) is 52.9 Å². The first-order valence-corrected chi connectivity index (χ1v) is 10.1. The zero-order valence-electron chi connectivity index (χ0n) is 17.2. The van der Waals surface area contributed by atoms with Gasteiger partial charge in [-0.05, 0) is 24.3 Å². The molecular weight excluding hydrogens is 417 g/mol. The quantitative estimate of drug-likeness (QED) is 0.670. The lowest BCUT2D eigenvalue weighted by atomic mass is 10.0. The van der Waals surface area contributed by atoms with Gasteiger partial charge in [-0.15, -0.1) is 0 Å². The molecule has 0 radical (unpaired) electrons. The number of anilines is 1. The van der Waals surface area contributed by atoms with Gasteiger partial charge >= 0.3 is 0 Å². The van der Waals surface area contributed by atoms with Crippen molar-refractivity contribution in [3.05, 3.63) is 71.4 Å². The Hall–Kier alpha value is -3.79. The van der Waals surface area contributed by atoms with E-state index in [0.29, 0.717) is 36.0 Å². The van der Waals surface area contributed by atoms with Crippen LogP contribution in [-0.2, 0) is 16.1 Å². The number of likely N-dealkylation sites (N-methyl/N-ethyl adjacent to an activating group) is 1. The minimum atomic E-state index is -0.918. The monoisotopic (exact) mass is 437 g/mol. The van der Waals surface area contributed by atoms with Crippen molar-refractivity contribution in [3.8, 4) is 5.75 Å². The Balaban J connectivity index is 1.37. The molecule has 2 aromatic heterocycles. The first-order chi connectivity index (χ1) is 15.5. The van der Waals surface area contributed by atoms with Gasteiger partial charge in [-0.2, -0.15) is 5.10 Å². The fourth-order valence-electron chi connectivity index (χ4n) is 3.88. The van der Waals surface area contributed by atoms with Crippen molar-refractivity contribution in [2.75, 3.05) is 25.2 Å². The van der Waals surface area contributed by atoms with Crippen molar-refractivity contribution in [1.29, 1.82) is 0 Å². The lowest BCUT2D eigenvalue weighted by Crippen LogP contribution is -2.49. The van der Waals surface area contributed by atoms with Crippen LogP contribution in [0.4, 0.5) is 10.2 Å². The van der Waals surface area contributed by atoms with E-state index in [1.54, 1.807) is 54.3 Å². The van der Waals surface area contributed by atoms with Gasteiger partial charge in [-0.3, -0.25) is 19.2 Å². The Morgan fingerprint density at radius 1 is 1.25 bits per heavy atom. The molecule has 0 fully saturated rings. The molecule has 2 aliphatic heterocycles. The zero-order chi connectivity index (χ0) is 22.2. The molecule has 1 N–H and O–H groups in total. The van der Waals surface area contributed by atoms with E-state index < -0.39 is 23.9 Å². The molecule has 0 saturated carbocycles. The Morgan fingerprint density at radius 3 is 2.94 bits per heavy atom. The second-order valence-electron chi connectivity index (χ2n) is 7.51. The largest absolute Gasteiger partial charge is 0.487 e. The second-order valence-corrected chi connectivity index (χ2v) is 7.51. The summed E-state index contributed by atoms with van der Waals surface area (Å²) in [6.45, 7) is 0.727. The van der Waals surface area contributed by atoms with Crippen LogP contribution in [0.1, 0.15) is 27.8 Å². The SMILES string of the molecule is CN1C(=O)[C@@H](NC(=O)c2cc3n(n2)CCO[C@@H]3c2ccccc2F)COc2cccnc21. The number of carbonyl (C=O) groups excluding carboxylic acids is 2. The first kappa shape index (κ1) is 20.1. The number of ether oxygens (including phenoxy) is 2. The smallest absolute Gasteiger partial charge is 0.272 e. The highest BCUT2D eigenvalue weighted by Crippen LogP contribution is 2.31. The number of nitrogens with one attached hydrogen (secondary N) is 1. The number of fused-ring (bicyclic) bond motifs is 2. The van der Waals surface area contributed by atoms with Crippen molar-refractivity contribution in [2.45, 2.75) is 18.7 Å². The van der Waals surface area contributed by atoms with Crippen molar-refractivity contribution in [2.24, 2.45) is 0 Å². The first-order valence-electron chi connectivity index (χ1n) is 10.1. The third kappa shape index (κ3) is 3.48. The van der Waals surface area contributed by atoms with Crippen LogP contribution in [0.3, 0.4) is 0 Å². The van der Waals surface area contributed by atoms with Gasteiger partial charge < -0.3 is 14.8 Å². The molecule has 0 bridgehead atoms. The number of carbonyl (C=O) groups is 2. The fourth-order valence-corrected chi connectivity index (χ4v) is 3.88. The summed E-state index contributed by atoms with van der Waals surface area (Å²) in [5.74, 6) is -0.435. The summed E-state index contributed by atoms with van der Waals surface area (Å²) in [7, 11) is 1.58. The van der Waals surface area contributed by atoms with Crippen molar-refractivity contribution in [3.63, 3.8) is 0 Å². The Bertz CT molecular complexity index is 1200. The minimum absolute atomic E-state index is 0.0395. The van der Waals surface area contributed by atoms with Gasteiger partial charge in [-0.1, -0.05) is 18.2 Å². The Labute approximate surface area is 182 Å². The summed E-state index contributed by atoms with van der Waals surface area (Å²) in [6.07, 6.45) is 0.891. The molecule has 9 nitrogen and oxygen atoms in total. The predicted molar refractivity (Wildman–Crippen MR) is 111 cm³/mol. The van der Waals surface area contributed by atoms with Crippen molar-refractivity contribution in [1.82, 2.24) is 20.1 Å². The summed E-state index contributed by atoms with van der Waals surface area (Å²) >= 11 is 0. The molecule has 2 aliphatic rings. The average Bonchev–Trinajstić information content (AvgIpc) is 3.22. The summed E-state index contributed by atoms with van der Waals surface area (Å²) < 4.78 is 27.4. The highest BCUT2D eigenvalue weighted by Gasteiger charge is 2.33. The van der Waals surface area contributed by atoms with Crippen LogP contribution in [0.25, 0.3) is 0 Å². The molecule has 0 spiro atoms. The minimum Gasteiger partial charge on any atom is -0.487 e. The van der Waals surface area contributed by atoms with E-state index in [1.165, 1.54) is 11.0 Å². The van der Waals surface area contributed by atoms with Crippen LogP contribution in [0.15, 0.2) is 48.7 Å². The predicted octanol–water partition coefficient (Wildman–Crippen LogP) is 1.69. The third-order valence-corrected chi connectivity index (χ3v) is 5.50. The van der Waals surface area contributed by atoms with Gasteiger partial charge in [0.1, 0.15) is 24.6 Å². The fraction of sp³-hybridized carbons (Fsp3) is 0.273. The molecule has 0 unspecified atom stereocenters. The lowest BCUT2D eigenvalue weighted by molar-refractivity contribution is -0.120. The molecule has 1 aromatic carbocycles. The molecule has 164 valence electrons. The maximum Gasteiger partial charge on any atom is 0.272 e. The number of rotatable bonds is 3. The highest BCUT2D eigenvalue weighted by atomic mass is 19.1. The molecule has 0 aliphatic carbocycles. The van der Waals surface area contributed by atoms with Gasteiger partial charge in [0, 0.05) is 18.8 Å². The number of hydrogen-bond donors (Lipinski definition) is 1. The number of pyridine rings is 1. The van der Waals surface area contributed by atoms with E-state index in [-0.39, 0.29) is 18.2 Å². The third-order valence-electron chi connectivity index (χ3n) is 5.50. The van der Waals surface area contributed by atoms with Crippen LogP contribution >= 0.6 is 0 Å². The summed E-state index contributed by atoms with van der Waals surface area (Å²) in [6, 6.07) is 10.4. The molecule has 10 heteroatoms. The maximum absolute atomic E-state index is 14.3. The molecule has 32 heavy (non-hydrogen) atoms. The van der Waals surface area contributed by atoms with Crippen LogP contribution in [0.2, 0.25) is 0 Å². The number of aromatic nitrogens is 3. The van der Waals surface area contributed by atoms with Gasteiger partial charge in [-0.25, -0.2) is 9.37 Å². The number of benzene rings is 1. The number of halogens is 1. The number of amides is 2. The normalized spacial score (nSPS) is 20.1. The second kappa shape index (κ2) is 8.04. The van der Waals surface area contributed by atoms with Crippen LogP contribution in [0, 0.1) is 5.82 Å². The summed E-state index contributed by atoms with van der Waals surface area (Å²) in [5, 5.41) is 7.04. The van der Waals surface area contributed by atoms with Gasteiger partial charge in [0.25, 0.3) is 11.8 Å². The summed E-state index contributed by atoms with van der Waals surface area (Å²) in [5.41, 5.74) is 1.06. The molecule has 5 rings (SSSR count). The van der Waals surface area contributed by atoms with Gasteiger partial charge in [0.05, 0.1) is 18.8 Å². The van der Waals surface area contributed by atoms with E-state index in [1.807, 2.05) is 0 Å². The number of hydrogen-bond acceptors (Lipinski definition) is 6. The van der Waals surface area contributed by atoms with Crippen molar-refractivity contribution < 1.29 is 23.5 Å². The zero-order valence-corrected chi connectivity index (χ0v) is 17.2. The number of nitrogens with zero attached hydrogens (tertiary/aromatic N) is 4. The lowest BCUT2D eigenvalue weighted by Gasteiger charge is -2.24. The van der Waals surface area contributed by atoms with E-state index in [2.05, 4.69) is 15.4 Å². The average molecular weight is 437 g/mol. The summed E-state index contributed by atoms with van der Waals surface area (Å²) in [4.78, 5) is 31.3. The van der Waals surface area contributed by atoms with E-state index in [0.717, 1.165) is 0 Å². The molecular formula is C22H20FN5O4. The Kier molecular flexibility index (Phi) is 5.06. The molecule has 0 saturated heterocycles. The van der Waals surface area contributed by atoms with Gasteiger partial charge in [0.15, 0.2) is 17.3 Å². The van der Waals surface area contributed by atoms with Crippen molar-refractivity contribution >= 4 is 17.6 Å². The molecule has 4 heterocycles. The van der Waals surface area contributed by atoms with E-state index in [9.17, 15) is 14.0 Å². The highest BCUT2D eigenvalue weighted by molar-refractivity contribution is 6.02.